The van der Waals surface area contributed by atoms with Crippen LogP contribution in [0.5, 0.6) is 5.75 Å². The van der Waals surface area contributed by atoms with E-state index >= 15 is 0 Å². The SMILES string of the molecule is BrC1=C(Br)c2ccccc2C1.BrC1=C(c2ccc(-n3c4ccccc4c4ccccc43)c3ccccc23)Cc2ccccc21.O[B]Oc1ccc(-n2c3ccccc3c3ccccc32)c2ccccc12.[2H]CF.c1ccc2c(c1)CC1=C2c2cccc3c(-n4c5ccccc5c5ccccc54)ccc1c23. The molecular formula is C94H63BBr3FN3O2. The first-order valence-electron chi connectivity index (χ1n) is 35.5. The van der Waals surface area contributed by atoms with E-state index in [1.807, 2.05) is 30.3 Å². The van der Waals surface area contributed by atoms with Crippen LogP contribution in [0.4, 0.5) is 4.39 Å². The molecule has 0 atom stereocenters. The zero-order valence-electron chi connectivity index (χ0n) is 57.2. The third kappa shape index (κ3) is 10.7. The maximum Gasteiger partial charge on any atom is 0.569 e. The maximum atomic E-state index is 9.96. The Morgan fingerprint density at radius 3 is 1.12 bits per heavy atom. The van der Waals surface area contributed by atoms with E-state index < -0.39 is 7.15 Å². The zero-order valence-corrected chi connectivity index (χ0v) is 61.0. The number of rotatable bonds is 6. The monoisotopic (exact) mass is 1530 g/mol. The summed E-state index contributed by atoms with van der Waals surface area (Å²) < 4.78 is 31.6. The molecule has 1 radical (unpaired) electrons. The van der Waals surface area contributed by atoms with Gasteiger partial charge in [0.25, 0.3) is 0 Å². The first kappa shape index (κ1) is 63.8. The Balaban J connectivity index is 0.000000103. The van der Waals surface area contributed by atoms with Gasteiger partial charge in [0.2, 0.25) is 0 Å². The average Bonchev–Trinajstić information content (AvgIpc) is 1.55. The molecule has 0 aliphatic heterocycles. The maximum absolute atomic E-state index is 9.96. The van der Waals surface area contributed by atoms with Gasteiger partial charge in [-0.05, 0) is 183 Å². The molecule has 0 amide bonds. The standard InChI is InChI=1S/C31H20BrN.C31H19N.C22H15BNO2.C9H6Br2.CH3F/c32-31-21-10-2-1-9-20(21)19-27(31)23-17-18-30(24-12-4-3-11-22(23)24)33-28-15-7-5-13-25(28)26-14-6-8-16-29(26)33;1-2-9-20-19(8-1)18-26-23-16-17-29(24-12-7-13-25(30(20)26)31(23)24)32-27-14-5-3-10-21(27)22-11-4-6-15-28(22)32;25-23-26-22-14-13-21(17-9-1-2-10-18(17)22)24-19-11-5-3-7-15(19)16-8-4-6-12-20(16)24;10-8-5-6-3-1-2-4-7(6)9(8)11;1-2/h1-18H,19H2;1-17H,18H2;1-14,25H;1-4H,5H2;1H3/i;;;;1D. The van der Waals surface area contributed by atoms with Gasteiger partial charge in [0.15, 0.2) is 0 Å². The lowest BCUT2D eigenvalue weighted by molar-refractivity contribution is 0.456. The van der Waals surface area contributed by atoms with Gasteiger partial charge >= 0.3 is 7.69 Å². The van der Waals surface area contributed by atoms with E-state index in [-0.39, 0.29) is 0 Å². The predicted octanol–water partition coefficient (Wildman–Crippen LogP) is 25.7. The number of alkyl halides is 1. The van der Waals surface area contributed by atoms with Gasteiger partial charge in [-0.1, -0.05) is 277 Å². The predicted molar refractivity (Wildman–Crippen MR) is 447 cm³/mol. The molecule has 10 heteroatoms. The van der Waals surface area contributed by atoms with Crippen LogP contribution < -0.4 is 4.65 Å². The number of allylic oxidation sites excluding steroid dienone is 3. The largest absolute Gasteiger partial charge is 0.569 e. The van der Waals surface area contributed by atoms with Crippen LogP contribution in [0.1, 0.15) is 51.4 Å². The number of nitrogens with zero attached hydrogens (tertiary/aromatic N) is 3. The van der Waals surface area contributed by atoms with Crippen molar-refractivity contribution in [3.8, 4) is 22.8 Å². The Morgan fingerprint density at radius 2 is 0.654 bits per heavy atom. The average molecular weight is 1540 g/mol. The lowest BCUT2D eigenvalue weighted by Gasteiger charge is -2.15. The second-order valence-corrected chi connectivity index (χ2v) is 28.9. The molecule has 497 valence electrons. The van der Waals surface area contributed by atoms with Gasteiger partial charge in [-0.3, -0.25) is 4.39 Å². The van der Waals surface area contributed by atoms with Crippen molar-refractivity contribution in [1.82, 2.24) is 13.7 Å². The van der Waals surface area contributed by atoms with E-state index in [0.29, 0.717) is 5.75 Å². The fourth-order valence-corrected chi connectivity index (χ4v) is 18.4. The summed E-state index contributed by atoms with van der Waals surface area (Å²) in [6, 6.07) is 115. The molecule has 4 aliphatic carbocycles. The molecule has 4 aliphatic rings. The van der Waals surface area contributed by atoms with Crippen molar-refractivity contribution in [3.63, 3.8) is 0 Å². The van der Waals surface area contributed by atoms with Gasteiger partial charge in [-0.2, -0.15) is 0 Å². The highest BCUT2D eigenvalue weighted by atomic mass is 79.9. The molecule has 104 heavy (non-hydrogen) atoms. The second-order valence-electron chi connectivity index (χ2n) is 26.4. The summed E-state index contributed by atoms with van der Waals surface area (Å²) in [5, 5.41) is 24.0. The molecular weight excluding hydrogens is 1470 g/mol. The van der Waals surface area contributed by atoms with Gasteiger partial charge in [-0.15, -0.1) is 0 Å². The fourth-order valence-electron chi connectivity index (χ4n) is 16.7. The van der Waals surface area contributed by atoms with E-state index in [4.69, 9.17) is 11.0 Å². The van der Waals surface area contributed by atoms with Crippen molar-refractivity contribution in [3.05, 3.63) is 376 Å². The van der Waals surface area contributed by atoms with Gasteiger partial charge in [-0.25, -0.2) is 0 Å². The Labute approximate surface area is 628 Å². The number of para-hydroxylation sites is 6. The number of aromatic nitrogens is 3. The highest BCUT2D eigenvalue weighted by molar-refractivity contribution is 9.16. The Hall–Kier alpha value is -11.1. The van der Waals surface area contributed by atoms with Crippen LogP contribution in [0.3, 0.4) is 0 Å². The summed E-state index contributed by atoms with van der Waals surface area (Å²) >= 11 is 11.0. The van der Waals surface area contributed by atoms with Crippen LogP contribution in [0.15, 0.2) is 326 Å². The molecule has 5 nitrogen and oxygen atoms in total. The number of fused-ring (bicyclic) bond motifs is 17. The van der Waals surface area contributed by atoms with E-state index in [2.05, 4.69) is 353 Å². The van der Waals surface area contributed by atoms with Gasteiger partial charge in [0, 0.05) is 73.7 Å². The van der Waals surface area contributed by atoms with Crippen LogP contribution in [0, 0.1) is 0 Å². The fraction of sp³-hybridized carbons (Fsp3) is 0.0426. The molecule has 0 saturated heterocycles. The van der Waals surface area contributed by atoms with E-state index in [0.717, 1.165) is 43.4 Å². The lowest BCUT2D eigenvalue weighted by Crippen LogP contribution is -2.02. The molecule has 3 aromatic heterocycles. The third-order valence-electron chi connectivity index (χ3n) is 21.0. The van der Waals surface area contributed by atoms with Crippen LogP contribution in [0.25, 0.3) is 140 Å². The molecule has 18 aromatic rings. The first-order valence-corrected chi connectivity index (χ1v) is 37.1. The smallest absolute Gasteiger partial charge is 0.537 e. The van der Waals surface area contributed by atoms with E-state index in [1.165, 1.54) is 179 Å². The minimum Gasteiger partial charge on any atom is -0.537 e. The summed E-state index contributed by atoms with van der Waals surface area (Å²) in [6.07, 6.45) is 3.01. The Bertz CT molecular complexity index is 6500. The zero-order chi connectivity index (χ0) is 70.8. The number of benzene rings is 15. The van der Waals surface area contributed by atoms with Crippen molar-refractivity contribution >= 4 is 179 Å². The van der Waals surface area contributed by atoms with Crippen LogP contribution in [-0.4, -0.2) is 33.6 Å². The molecule has 0 spiro atoms. The summed E-state index contributed by atoms with van der Waals surface area (Å²) in [4.78, 5) is 0. The third-order valence-corrected chi connectivity index (χ3v) is 24.0. The normalized spacial score (nSPS) is 13.2. The minimum atomic E-state index is -1.00. The van der Waals surface area contributed by atoms with E-state index in [9.17, 15) is 4.39 Å². The second kappa shape index (κ2) is 27.3. The van der Waals surface area contributed by atoms with Crippen molar-refractivity contribution in [2.45, 2.75) is 19.3 Å². The summed E-state index contributed by atoms with van der Waals surface area (Å²) in [5.41, 5.74) is 27.6. The summed E-state index contributed by atoms with van der Waals surface area (Å²) in [5.74, 6) is 0.632. The number of halogens is 4. The topological polar surface area (TPSA) is 44.2 Å². The Kier molecular flexibility index (Phi) is 16.7. The highest BCUT2D eigenvalue weighted by Crippen LogP contribution is 2.53. The van der Waals surface area contributed by atoms with Gasteiger partial charge in [0.05, 0.1) is 58.7 Å². The van der Waals surface area contributed by atoms with E-state index in [1.54, 1.807) is 0 Å². The minimum absolute atomic E-state index is 0.632. The molecule has 22 rings (SSSR count). The molecule has 1 N–H and O–H groups in total. The first-order chi connectivity index (χ1) is 51.8. The molecule has 0 fully saturated rings. The number of hydrogen-bond acceptors (Lipinski definition) is 2. The Morgan fingerprint density at radius 1 is 0.317 bits per heavy atom. The molecule has 15 aromatic carbocycles. The lowest BCUT2D eigenvalue weighted by atomic mass is 9.95. The van der Waals surface area contributed by atoms with Crippen molar-refractivity contribution in [2.75, 3.05) is 7.15 Å². The summed E-state index contributed by atoms with van der Waals surface area (Å²) in [7, 11) is -0.276. The molecule has 3 heterocycles. The highest BCUT2D eigenvalue weighted by Gasteiger charge is 2.33. The molecule has 0 bridgehead atoms. The van der Waals surface area contributed by atoms with Crippen molar-refractivity contribution in [1.29, 1.82) is 0 Å². The molecule has 0 saturated carbocycles. The quantitative estimate of drug-likeness (QED) is 0.169. The van der Waals surface area contributed by atoms with Gasteiger partial charge in [0.1, 0.15) is 5.75 Å². The van der Waals surface area contributed by atoms with Crippen LogP contribution >= 0.6 is 47.8 Å². The number of hydrogen-bond donors (Lipinski definition) is 1. The van der Waals surface area contributed by atoms with Crippen molar-refractivity contribution in [2.24, 2.45) is 0 Å². The van der Waals surface area contributed by atoms with Crippen LogP contribution in [0.2, 0.25) is 0 Å². The van der Waals surface area contributed by atoms with Crippen molar-refractivity contribution < 1.29 is 15.4 Å². The molecule has 0 unspecified atom stereocenters. The van der Waals surface area contributed by atoms with Gasteiger partial charge < -0.3 is 23.4 Å². The van der Waals surface area contributed by atoms with Crippen LogP contribution in [-0.2, 0) is 19.3 Å². The summed E-state index contributed by atoms with van der Waals surface area (Å²) in [6.45, 7) is 0.